The first-order chi connectivity index (χ1) is 16.1. The molecule has 0 saturated heterocycles. The molecule has 0 aliphatic heterocycles. The fourth-order valence-corrected chi connectivity index (χ4v) is 6.16. The number of fused-ring (bicyclic) bond motifs is 1. The lowest BCUT2D eigenvalue weighted by atomic mass is 9.64. The average Bonchev–Trinajstić information content (AvgIpc) is 2.71. The molecule has 0 amide bonds. The molecule has 1 saturated carbocycles. The number of aliphatic hydroxyl groups is 3. The molecule has 34 heavy (non-hydrogen) atoms. The third-order valence-corrected chi connectivity index (χ3v) is 8.20. The van der Waals surface area contributed by atoms with E-state index < -0.39 is 23.6 Å². The summed E-state index contributed by atoms with van der Waals surface area (Å²) >= 11 is 0. The van der Waals surface area contributed by atoms with Crippen molar-refractivity contribution in [3.8, 4) is 0 Å². The number of carbonyl (C=O) groups is 2. The normalized spacial score (nSPS) is 31.6. The number of ether oxygens (including phenoxy) is 1. The molecule has 0 bridgehead atoms. The number of carboxylic acid groups (broad SMARTS) is 1. The molecule has 3 aliphatic rings. The van der Waals surface area contributed by atoms with E-state index in [0.29, 0.717) is 31.6 Å². The highest BCUT2D eigenvalue weighted by atomic mass is 16.5. The van der Waals surface area contributed by atoms with Gasteiger partial charge in [0.1, 0.15) is 6.10 Å². The number of hydrogen-bond donors (Lipinski definition) is 4. The fraction of sp³-hybridized carbons (Fsp3) is 0.778. The first-order valence-electron chi connectivity index (χ1n) is 12.9. The van der Waals surface area contributed by atoms with Gasteiger partial charge in [0, 0.05) is 12.5 Å². The first kappa shape index (κ1) is 26.9. The zero-order valence-corrected chi connectivity index (χ0v) is 20.6. The molecule has 0 heterocycles. The summed E-state index contributed by atoms with van der Waals surface area (Å²) in [6, 6.07) is 0. The van der Waals surface area contributed by atoms with E-state index in [9.17, 15) is 24.9 Å². The minimum atomic E-state index is -1.08. The van der Waals surface area contributed by atoms with Crippen LogP contribution in [0, 0.1) is 29.1 Å². The Morgan fingerprint density at radius 1 is 1.21 bits per heavy atom. The number of aliphatic hydroxyl groups excluding tert-OH is 3. The van der Waals surface area contributed by atoms with Gasteiger partial charge < -0.3 is 25.2 Å². The van der Waals surface area contributed by atoms with E-state index in [2.05, 4.69) is 32.1 Å². The van der Waals surface area contributed by atoms with Crippen molar-refractivity contribution in [2.24, 2.45) is 29.1 Å². The molecule has 7 nitrogen and oxygen atoms in total. The van der Waals surface area contributed by atoms with E-state index in [4.69, 9.17) is 9.84 Å². The fourth-order valence-electron chi connectivity index (χ4n) is 6.16. The Balaban J connectivity index is 1.69. The second kappa shape index (κ2) is 11.8. The summed E-state index contributed by atoms with van der Waals surface area (Å²) in [5.41, 5.74) is 0.744. The quantitative estimate of drug-likeness (QED) is 0.316. The Labute approximate surface area is 202 Å². The van der Waals surface area contributed by atoms with Crippen molar-refractivity contribution < 1.29 is 34.8 Å². The monoisotopic (exact) mass is 478 g/mol. The predicted molar refractivity (Wildman–Crippen MR) is 128 cm³/mol. The van der Waals surface area contributed by atoms with Gasteiger partial charge in [0.25, 0.3) is 0 Å². The molecule has 0 spiro atoms. The van der Waals surface area contributed by atoms with Crippen LogP contribution in [0.3, 0.4) is 0 Å². The highest BCUT2D eigenvalue weighted by Crippen LogP contribution is 2.49. The molecule has 7 heteroatoms. The molecule has 4 N–H and O–H groups in total. The van der Waals surface area contributed by atoms with Crippen LogP contribution in [0.15, 0.2) is 23.8 Å². The van der Waals surface area contributed by atoms with Crippen molar-refractivity contribution in [3.63, 3.8) is 0 Å². The lowest BCUT2D eigenvalue weighted by Gasteiger charge is -2.46. The second-order valence-corrected chi connectivity index (χ2v) is 10.9. The number of hydrogen-bond acceptors (Lipinski definition) is 6. The van der Waals surface area contributed by atoms with E-state index in [1.807, 2.05) is 0 Å². The van der Waals surface area contributed by atoms with Crippen LogP contribution in [0.2, 0.25) is 0 Å². The molecule has 3 aliphatic carbocycles. The number of allylic oxidation sites excluding steroid dienone is 3. The van der Waals surface area contributed by atoms with Gasteiger partial charge in [0.2, 0.25) is 0 Å². The van der Waals surface area contributed by atoms with Crippen molar-refractivity contribution >= 4 is 11.9 Å². The Morgan fingerprint density at radius 3 is 2.56 bits per heavy atom. The van der Waals surface area contributed by atoms with Crippen LogP contribution in [0.4, 0.5) is 0 Å². The van der Waals surface area contributed by atoms with Gasteiger partial charge in [0.05, 0.1) is 24.0 Å². The molecular formula is C27H42O7. The average molecular weight is 479 g/mol. The molecule has 1 fully saturated rings. The zero-order chi connectivity index (χ0) is 24.9. The molecule has 7 atom stereocenters. The molecule has 0 unspecified atom stereocenters. The van der Waals surface area contributed by atoms with E-state index in [-0.39, 0.29) is 49.3 Å². The van der Waals surface area contributed by atoms with Gasteiger partial charge in [-0.1, -0.05) is 38.5 Å². The largest absolute Gasteiger partial charge is 0.481 e. The number of rotatable bonds is 12. The molecule has 0 aromatic heterocycles. The number of esters is 1. The van der Waals surface area contributed by atoms with Gasteiger partial charge in [-0.3, -0.25) is 9.59 Å². The van der Waals surface area contributed by atoms with Crippen LogP contribution in [0.25, 0.3) is 0 Å². The van der Waals surface area contributed by atoms with Crippen LogP contribution in [-0.4, -0.2) is 57.3 Å². The van der Waals surface area contributed by atoms with Crippen molar-refractivity contribution in [2.45, 2.75) is 96.4 Å². The maximum atomic E-state index is 13.3. The van der Waals surface area contributed by atoms with Crippen LogP contribution < -0.4 is 0 Å². The van der Waals surface area contributed by atoms with E-state index in [1.165, 1.54) is 5.57 Å². The van der Waals surface area contributed by atoms with Gasteiger partial charge >= 0.3 is 11.9 Å². The Bertz CT molecular complexity index is 769. The molecule has 192 valence electrons. The maximum absolute atomic E-state index is 13.3. The summed E-state index contributed by atoms with van der Waals surface area (Å²) in [4.78, 5) is 24.1. The number of aliphatic carboxylic acids is 1. The van der Waals surface area contributed by atoms with E-state index in [1.54, 1.807) is 0 Å². The van der Waals surface area contributed by atoms with E-state index >= 15 is 0 Å². The van der Waals surface area contributed by atoms with Gasteiger partial charge in [-0.05, 0) is 74.7 Å². The van der Waals surface area contributed by atoms with Crippen molar-refractivity contribution in [1.82, 2.24) is 0 Å². The van der Waals surface area contributed by atoms with Gasteiger partial charge in [-0.15, -0.1) is 0 Å². The van der Waals surface area contributed by atoms with Crippen molar-refractivity contribution in [2.75, 3.05) is 6.61 Å². The Morgan fingerprint density at radius 2 is 1.94 bits per heavy atom. The third-order valence-electron chi connectivity index (χ3n) is 8.20. The highest BCUT2D eigenvalue weighted by Gasteiger charge is 2.48. The topological polar surface area (TPSA) is 124 Å². The minimum absolute atomic E-state index is 0.0411. The summed E-state index contributed by atoms with van der Waals surface area (Å²) in [6.07, 6.45) is 10.1. The van der Waals surface area contributed by atoms with Gasteiger partial charge in [-0.25, -0.2) is 0 Å². The third kappa shape index (κ3) is 6.49. The summed E-state index contributed by atoms with van der Waals surface area (Å²) < 4.78 is 6.27. The number of carbonyl (C=O) groups excluding carboxylic acids is 1. The van der Waals surface area contributed by atoms with Crippen LogP contribution in [0.5, 0.6) is 0 Å². The maximum Gasteiger partial charge on any atom is 0.312 e. The minimum Gasteiger partial charge on any atom is -0.481 e. The Hall–Kier alpha value is -1.70. The van der Waals surface area contributed by atoms with Gasteiger partial charge in [-0.2, -0.15) is 0 Å². The standard InChI is InChI=1S/C27H42O7/c1-17-13-19-6-5-18(2)22(8-7-20(29)15-21(30)16-24(31)32)25(19)23(14-17)34-26(33)27(9-3-10-27)11-4-12-28/h5-6,13,17-18,20-23,25,28-30H,3-4,7-12,14-16H2,1-2H3,(H,31,32)/t17-,18-,20+,21+,22-,23-,25-/m0/s1. The molecule has 0 aromatic rings. The molecule has 0 radical (unpaired) electrons. The summed E-state index contributed by atoms with van der Waals surface area (Å²) in [5.74, 6) is -0.406. The molecular weight excluding hydrogens is 436 g/mol. The molecule has 3 rings (SSSR count). The lowest BCUT2D eigenvalue weighted by molar-refractivity contribution is -0.173. The van der Waals surface area contributed by atoms with Crippen LogP contribution in [0.1, 0.15) is 78.1 Å². The van der Waals surface area contributed by atoms with Crippen LogP contribution >= 0.6 is 0 Å². The smallest absolute Gasteiger partial charge is 0.312 e. The first-order valence-corrected chi connectivity index (χ1v) is 12.9. The summed E-state index contributed by atoms with van der Waals surface area (Å²) in [5, 5.41) is 38.4. The SMILES string of the molecule is C[C@H]1C=C2C=C[C@H](C)[C@H](CC[C@@H](O)C[C@@H](O)CC(=O)O)[C@H]2[C@@H](OC(=O)C2(CCCO)CCC2)C1. The van der Waals surface area contributed by atoms with E-state index in [0.717, 1.165) is 25.7 Å². The number of carboxylic acids is 1. The second-order valence-electron chi connectivity index (χ2n) is 10.9. The summed E-state index contributed by atoms with van der Waals surface area (Å²) in [6.45, 7) is 4.37. The van der Waals surface area contributed by atoms with Crippen LogP contribution in [-0.2, 0) is 14.3 Å². The highest BCUT2D eigenvalue weighted by molar-refractivity contribution is 5.78. The van der Waals surface area contributed by atoms with Gasteiger partial charge in [0.15, 0.2) is 0 Å². The van der Waals surface area contributed by atoms with Crippen molar-refractivity contribution in [3.05, 3.63) is 23.8 Å². The summed E-state index contributed by atoms with van der Waals surface area (Å²) in [7, 11) is 0. The molecule has 0 aromatic carbocycles. The van der Waals surface area contributed by atoms with Crippen molar-refractivity contribution in [1.29, 1.82) is 0 Å². The predicted octanol–water partition coefficient (Wildman–Crippen LogP) is 3.61. The Kier molecular flexibility index (Phi) is 9.35. The zero-order valence-electron chi connectivity index (χ0n) is 20.6. The lowest BCUT2D eigenvalue weighted by Crippen LogP contribution is -2.46.